The van der Waals surface area contributed by atoms with Crippen molar-refractivity contribution in [2.75, 3.05) is 0 Å². The molecule has 0 amide bonds. The van der Waals surface area contributed by atoms with Crippen molar-refractivity contribution in [3.8, 4) is 5.69 Å². The monoisotopic (exact) mass is 355 g/mol. The first-order valence-electron chi connectivity index (χ1n) is 11.0. The third-order valence-corrected chi connectivity index (χ3v) is 5.27. The lowest BCUT2D eigenvalue weighted by Crippen LogP contribution is -2.37. The number of nitrogens with zero attached hydrogens (tertiary/aromatic N) is 2. The molecule has 2 heteroatoms. The molecule has 2 rings (SSSR count). The average Bonchev–Trinajstić information content (AvgIpc) is 3.07. The molecule has 0 bridgehead atoms. The van der Waals surface area contributed by atoms with Crippen molar-refractivity contribution < 1.29 is 4.57 Å². The quantitative estimate of drug-likeness (QED) is 0.265. The second-order valence-corrected chi connectivity index (χ2v) is 7.55. The Morgan fingerprint density at radius 2 is 1.35 bits per heavy atom. The Bertz CT molecular complexity index is 586. The molecule has 1 aromatic heterocycles. The normalized spacial score (nSPS) is 11.2. The summed E-state index contributed by atoms with van der Waals surface area (Å²) in [5.41, 5.74) is 1.28. The summed E-state index contributed by atoms with van der Waals surface area (Å²) in [7, 11) is 0. The number of hydrogen-bond acceptors (Lipinski definition) is 0. The highest BCUT2D eigenvalue weighted by molar-refractivity contribution is 5.31. The minimum atomic E-state index is 1.14. The largest absolute Gasteiger partial charge is 0.261 e. The number of aryl methyl sites for hydroxylation is 1. The Hall–Kier alpha value is -1.57. The predicted molar refractivity (Wildman–Crippen MR) is 112 cm³/mol. The van der Waals surface area contributed by atoms with Gasteiger partial charge in [-0.05, 0) is 31.4 Å². The van der Waals surface area contributed by atoms with E-state index >= 15 is 0 Å². The Morgan fingerprint density at radius 3 is 1.96 bits per heavy atom. The van der Waals surface area contributed by atoms with Gasteiger partial charge in [0.25, 0.3) is 5.82 Å². The van der Waals surface area contributed by atoms with Crippen LogP contribution in [0.3, 0.4) is 0 Å². The van der Waals surface area contributed by atoms with Crippen molar-refractivity contribution in [3.63, 3.8) is 0 Å². The predicted octanol–water partition coefficient (Wildman–Crippen LogP) is 6.64. The van der Waals surface area contributed by atoms with Gasteiger partial charge in [-0.15, -0.1) is 0 Å². The molecule has 0 radical (unpaired) electrons. The number of aromatic nitrogens is 2. The van der Waals surface area contributed by atoms with E-state index in [1.54, 1.807) is 0 Å². The lowest BCUT2D eigenvalue weighted by molar-refractivity contribution is -0.704. The smallest absolute Gasteiger partial charge is 0.234 e. The number of rotatable bonds is 14. The van der Waals surface area contributed by atoms with Gasteiger partial charge in [0, 0.05) is 6.42 Å². The lowest BCUT2D eigenvalue weighted by atomic mass is 10.1. The summed E-state index contributed by atoms with van der Waals surface area (Å²) < 4.78 is 4.83. The highest BCUT2D eigenvalue weighted by Crippen LogP contribution is 2.13. The fourth-order valence-corrected chi connectivity index (χ4v) is 3.74. The molecule has 1 heterocycles. The molecule has 0 N–H and O–H groups in total. The molecule has 0 saturated carbocycles. The molecule has 0 saturated heterocycles. The Labute approximate surface area is 161 Å². The van der Waals surface area contributed by atoms with Gasteiger partial charge >= 0.3 is 0 Å². The molecule has 0 aliphatic heterocycles. The molecular formula is C24H39N2+. The first-order valence-corrected chi connectivity index (χ1v) is 11.0. The van der Waals surface area contributed by atoms with Crippen LogP contribution in [0.15, 0.2) is 42.7 Å². The summed E-state index contributed by atoms with van der Waals surface area (Å²) in [6.45, 7) is 5.72. The van der Waals surface area contributed by atoms with E-state index < -0.39 is 0 Å². The van der Waals surface area contributed by atoms with Crippen LogP contribution >= 0.6 is 0 Å². The van der Waals surface area contributed by atoms with Crippen LogP contribution in [0.5, 0.6) is 0 Å². The fourth-order valence-electron chi connectivity index (χ4n) is 3.74. The maximum absolute atomic E-state index is 2.47. The molecule has 0 unspecified atom stereocenters. The van der Waals surface area contributed by atoms with E-state index in [-0.39, 0.29) is 0 Å². The number of benzene rings is 1. The second kappa shape index (κ2) is 12.7. The Balaban J connectivity index is 1.72. The molecular weight excluding hydrogens is 316 g/mol. The summed E-state index contributed by atoms with van der Waals surface area (Å²) in [5.74, 6) is 1.44. The van der Waals surface area contributed by atoms with Crippen molar-refractivity contribution in [1.29, 1.82) is 0 Å². The van der Waals surface area contributed by atoms with E-state index in [4.69, 9.17) is 0 Å². The van der Waals surface area contributed by atoms with Crippen LogP contribution in [0, 0.1) is 0 Å². The third-order valence-electron chi connectivity index (χ3n) is 5.27. The van der Waals surface area contributed by atoms with Gasteiger partial charge in [-0.1, -0.05) is 83.4 Å². The molecule has 144 valence electrons. The van der Waals surface area contributed by atoms with Crippen LogP contribution in [0.25, 0.3) is 5.69 Å². The molecule has 2 nitrogen and oxygen atoms in total. The van der Waals surface area contributed by atoms with Gasteiger partial charge < -0.3 is 0 Å². The number of para-hydroxylation sites is 1. The zero-order chi connectivity index (χ0) is 18.5. The molecule has 1 aromatic carbocycles. The summed E-state index contributed by atoms with van der Waals surface area (Å²) in [5, 5.41) is 0. The molecule has 26 heavy (non-hydrogen) atoms. The first kappa shape index (κ1) is 20.7. The molecule has 0 aliphatic carbocycles. The highest BCUT2D eigenvalue weighted by Gasteiger charge is 2.17. The minimum absolute atomic E-state index is 1.14. The topological polar surface area (TPSA) is 8.81 Å². The fraction of sp³-hybridized carbons (Fsp3) is 0.625. The van der Waals surface area contributed by atoms with Crippen molar-refractivity contribution in [3.05, 3.63) is 48.5 Å². The molecule has 0 aliphatic rings. The summed E-state index contributed by atoms with van der Waals surface area (Å²) in [6.07, 6.45) is 20.8. The van der Waals surface area contributed by atoms with Gasteiger partial charge in [0.2, 0.25) is 0 Å². The number of unbranched alkanes of at least 4 members (excludes halogenated alkanes) is 9. The van der Waals surface area contributed by atoms with Crippen LogP contribution in [0.4, 0.5) is 0 Å². The molecule has 0 fully saturated rings. The van der Waals surface area contributed by atoms with E-state index in [1.165, 1.54) is 82.1 Å². The molecule has 0 spiro atoms. The SMILES string of the molecule is CCCCCCCCCCCC[n+]1ccn(-c2ccccc2)c1CCC. The van der Waals surface area contributed by atoms with Crippen LogP contribution in [0.1, 0.15) is 90.3 Å². The van der Waals surface area contributed by atoms with Gasteiger partial charge in [0.05, 0.1) is 6.54 Å². The number of hydrogen-bond donors (Lipinski definition) is 0. The van der Waals surface area contributed by atoms with Gasteiger partial charge in [0.15, 0.2) is 0 Å². The van der Waals surface area contributed by atoms with Gasteiger partial charge in [-0.25, -0.2) is 4.57 Å². The van der Waals surface area contributed by atoms with Gasteiger partial charge in [-0.3, -0.25) is 0 Å². The van der Waals surface area contributed by atoms with Crippen molar-refractivity contribution in [1.82, 2.24) is 4.57 Å². The summed E-state index contributed by atoms with van der Waals surface area (Å²) in [6, 6.07) is 10.7. The van der Waals surface area contributed by atoms with Crippen LogP contribution in [-0.4, -0.2) is 4.57 Å². The maximum atomic E-state index is 2.47. The summed E-state index contributed by atoms with van der Waals surface area (Å²) >= 11 is 0. The second-order valence-electron chi connectivity index (χ2n) is 7.55. The van der Waals surface area contributed by atoms with E-state index in [0.29, 0.717) is 0 Å². The first-order chi connectivity index (χ1) is 12.9. The van der Waals surface area contributed by atoms with E-state index in [0.717, 1.165) is 13.0 Å². The van der Waals surface area contributed by atoms with Crippen molar-refractivity contribution in [2.45, 2.75) is 97.4 Å². The van der Waals surface area contributed by atoms with E-state index in [9.17, 15) is 0 Å². The average molecular weight is 356 g/mol. The van der Waals surface area contributed by atoms with Crippen LogP contribution < -0.4 is 4.57 Å². The zero-order valence-electron chi connectivity index (χ0n) is 17.1. The molecule has 0 atom stereocenters. The Morgan fingerprint density at radius 1 is 0.731 bits per heavy atom. The van der Waals surface area contributed by atoms with Crippen molar-refractivity contribution in [2.24, 2.45) is 0 Å². The van der Waals surface area contributed by atoms with E-state index in [1.807, 2.05) is 0 Å². The van der Waals surface area contributed by atoms with Crippen molar-refractivity contribution >= 4 is 0 Å². The van der Waals surface area contributed by atoms with Gasteiger partial charge in [0.1, 0.15) is 18.1 Å². The highest BCUT2D eigenvalue weighted by atomic mass is 15.1. The zero-order valence-corrected chi connectivity index (χ0v) is 17.1. The number of imidazole rings is 1. The van der Waals surface area contributed by atoms with Gasteiger partial charge in [-0.2, -0.15) is 4.57 Å². The third kappa shape index (κ3) is 6.97. The standard InChI is InChI=1S/C24H39N2/c1-3-5-6-7-8-9-10-11-12-16-20-25-21-22-26(24(25)17-4-2)23-18-14-13-15-19-23/h13-15,18-19,21-22H,3-12,16-17,20H2,1-2H3/q+1. The maximum Gasteiger partial charge on any atom is 0.261 e. The summed E-state index contributed by atoms with van der Waals surface area (Å²) in [4.78, 5) is 0. The Kier molecular flexibility index (Phi) is 10.2. The van der Waals surface area contributed by atoms with Crippen LogP contribution in [0.2, 0.25) is 0 Å². The lowest BCUT2D eigenvalue weighted by Gasteiger charge is -2.05. The van der Waals surface area contributed by atoms with E-state index in [2.05, 4.69) is 65.7 Å². The minimum Gasteiger partial charge on any atom is -0.234 e. The molecule has 2 aromatic rings. The van der Waals surface area contributed by atoms with Crippen LogP contribution in [-0.2, 0) is 13.0 Å².